The molecule has 0 aliphatic rings. The van der Waals surface area contributed by atoms with Crippen LogP contribution in [-0.4, -0.2) is 14.5 Å². The SMILES string of the molecule is Cc1nc(Cn2c(CCl)nc3cc(Cl)ccc32)cs1. The number of thiazole rings is 1. The van der Waals surface area contributed by atoms with E-state index in [0.717, 1.165) is 27.6 Å². The van der Waals surface area contributed by atoms with Gasteiger partial charge in [0, 0.05) is 10.4 Å². The Morgan fingerprint density at radius 2 is 2.16 bits per heavy atom. The predicted molar refractivity (Wildman–Crippen MR) is 80.3 cm³/mol. The molecule has 0 bridgehead atoms. The molecule has 2 aromatic heterocycles. The predicted octanol–water partition coefficient (Wildman–Crippen LogP) is 4.24. The van der Waals surface area contributed by atoms with E-state index >= 15 is 0 Å². The van der Waals surface area contributed by atoms with Crippen LogP contribution in [0.1, 0.15) is 16.5 Å². The van der Waals surface area contributed by atoms with Gasteiger partial charge in [0.1, 0.15) is 5.82 Å². The smallest absolute Gasteiger partial charge is 0.125 e. The molecule has 0 fully saturated rings. The van der Waals surface area contributed by atoms with Crippen LogP contribution in [0.15, 0.2) is 23.6 Å². The van der Waals surface area contributed by atoms with Crippen molar-refractivity contribution in [1.82, 2.24) is 14.5 Å². The van der Waals surface area contributed by atoms with E-state index in [4.69, 9.17) is 23.2 Å². The highest BCUT2D eigenvalue weighted by Crippen LogP contribution is 2.23. The molecule has 0 aliphatic carbocycles. The monoisotopic (exact) mass is 311 g/mol. The normalized spacial score (nSPS) is 11.3. The quantitative estimate of drug-likeness (QED) is 0.677. The molecule has 3 aromatic rings. The molecule has 0 saturated heterocycles. The van der Waals surface area contributed by atoms with E-state index < -0.39 is 0 Å². The average molecular weight is 312 g/mol. The number of aromatic nitrogens is 3. The Kier molecular flexibility index (Phi) is 3.48. The molecule has 6 heteroatoms. The number of imidazole rings is 1. The van der Waals surface area contributed by atoms with Crippen LogP contribution >= 0.6 is 34.5 Å². The average Bonchev–Trinajstić information content (AvgIpc) is 2.94. The number of hydrogen-bond acceptors (Lipinski definition) is 3. The Bertz CT molecular complexity index is 733. The summed E-state index contributed by atoms with van der Waals surface area (Å²) >= 11 is 13.6. The molecule has 0 aliphatic heterocycles. The molecule has 98 valence electrons. The number of nitrogens with zero attached hydrogens (tertiary/aromatic N) is 3. The third-order valence-electron chi connectivity index (χ3n) is 2.90. The molecule has 2 heterocycles. The third kappa shape index (κ3) is 2.48. The van der Waals surface area contributed by atoms with Gasteiger partial charge in [0.2, 0.25) is 0 Å². The van der Waals surface area contributed by atoms with E-state index in [0.29, 0.717) is 17.4 Å². The fourth-order valence-electron chi connectivity index (χ4n) is 2.07. The fourth-order valence-corrected chi connectivity index (χ4v) is 3.05. The van der Waals surface area contributed by atoms with Gasteiger partial charge in [-0.2, -0.15) is 0 Å². The van der Waals surface area contributed by atoms with Gasteiger partial charge in [-0.3, -0.25) is 0 Å². The summed E-state index contributed by atoms with van der Waals surface area (Å²) < 4.78 is 2.09. The summed E-state index contributed by atoms with van der Waals surface area (Å²) in [6, 6.07) is 5.70. The molecule has 1 aromatic carbocycles. The van der Waals surface area contributed by atoms with Gasteiger partial charge in [-0.05, 0) is 25.1 Å². The third-order valence-corrected chi connectivity index (χ3v) is 4.19. The second-order valence-electron chi connectivity index (χ2n) is 4.24. The Hall–Kier alpha value is -1.10. The van der Waals surface area contributed by atoms with Crippen molar-refractivity contribution in [1.29, 1.82) is 0 Å². The fraction of sp³-hybridized carbons (Fsp3) is 0.231. The van der Waals surface area contributed by atoms with Crippen molar-refractivity contribution in [3.63, 3.8) is 0 Å². The molecule has 3 rings (SSSR count). The van der Waals surface area contributed by atoms with Crippen LogP contribution in [0.3, 0.4) is 0 Å². The van der Waals surface area contributed by atoms with Crippen LogP contribution < -0.4 is 0 Å². The topological polar surface area (TPSA) is 30.7 Å². The first-order valence-electron chi connectivity index (χ1n) is 5.79. The largest absolute Gasteiger partial charge is 0.321 e. The molecule has 0 saturated carbocycles. The minimum Gasteiger partial charge on any atom is -0.321 e. The maximum Gasteiger partial charge on any atom is 0.125 e. The summed E-state index contributed by atoms with van der Waals surface area (Å²) in [4.78, 5) is 9.00. The standard InChI is InChI=1S/C13H11Cl2N3S/c1-8-16-10(7-19-8)6-18-12-3-2-9(15)4-11(12)17-13(18)5-14/h2-4,7H,5-6H2,1H3. The molecule has 0 N–H and O–H groups in total. The van der Waals surface area contributed by atoms with Crippen molar-refractivity contribution < 1.29 is 0 Å². The minimum atomic E-state index is 0.370. The van der Waals surface area contributed by atoms with Crippen molar-refractivity contribution in [2.45, 2.75) is 19.3 Å². The second-order valence-corrected chi connectivity index (χ2v) is 6.00. The number of benzene rings is 1. The first-order valence-corrected chi connectivity index (χ1v) is 7.58. The highest BCUT2D eigenvalue weighted by Gasteiger charge is 2.11. The van der Waals surface area contributed by atoms with Crippen LogP contribution in [0.4, 0.5) is 0 Å². The van der Waals surface area contributed by atoms with Gasteiger partial charge in [0.25, 0.3) is 0 Å². The number of fused-ring (bicyclic) bond motifs is 1. The van der Waals surface area contributed by atoms with E-state index in [-0.39, 0.29) is 0 Å². The van der Waals surface area contributed by atoms with Crippen molar-refractivity contribution in [3.05, 3.63) is 45.1 Å². The number of alkyl halides is 1. The van der Waals surface area contributed by atoms with Crippen LogP contribution in [0.25, 0.3) is 11.0 Å². The number of hydrogen-bond donors (Lipinski definition) is 0. The number of rotatable bonds is 3. The summed E-state index contributed by atoms with van der Waals surface area (Å²) in [6.07, 6.45) is 0. The number of aryl methyl sites for hydroxylation is 1. The zero-order chi connectivity index (χ0) is 13.4. The highest BCUT2D eigenvalue weighted by atomic mass is 35.5. The molecule has 0 radical (unpaired) electrons. The lowest BCUT2D eigenvalue weighted by molar-refractivity contribution is 0.761. The first kappa shape index (κ1) is 12.9. The lowest BCUT2D eigenvalue weighted by Crippen LogP contribution is -2.04. The van der Waals surface area contributed by atoms with Crippen LogP contribution in [0.5, 0.6) is 0 Å². The van der Waals surface area contributed by atoms with Crippen LogP contribution in [0, 0.1) is 6.92 Å². The molecule has 0 unspecified atom stereocenters. The summed E-state index contributed by atoms with van der Waals surface area (Å²) in [5, 5.41) is 3.81. The van der Waals surface area contributed by atoms with Gasteiger partial charge in [-0.1, -0.05) is 11.6 Å². The molecular formula is C13H11Cl2N3S. The Morgan fingerprint density at radius 3 is 2.84 bits per heavy atom. The molecular weight excluding hydrogens is 301 g/mol. The van der Waals surface area contributed by atoms with E-state index in [1.165, 1.54) is 0 Å². The van der Waals surface area contributed by atoms with Gasteiger partial charge < -0.3 is 4.57 Å². The van der Waals surface area contributed by atoms with E-state index in [1.54, 1.807) is 11.3 Å². The first-order chi connectivity index (χ1) is 9.17. The Balaban J connectivity index is 2.10. The number of halogens is 2. The van der Waals surface area contributed by atoms with E-state index in [2.05, 4.69) is 19.9 Å². The van der Waals surface area contributed by atoms with Crippen molar-refractivity contribution in [2.24, 2.45) is 0 Å². The van der Waals surface area contributed by atoms with Crippen molar-refractivity contribution in [2.75, 3.05) is 0 Å². The zero-order valence-electron chi connectivity index (χ0n) is 10.2. The second kappa shape index (κ2) is 5.12. The van der Waals surface area contributed by atoms with Crippen LogP contribution in [0.2, 0.25) is 5.02 Å². The van der Waals surface area contributed by atoms with Gasteiger partial charge in [-0.15, -0.1) is 22.9 Å². The van der Waals surface area contributed by atoms with Gasteiger partial charge in [-0.25, -0.2) is 9.97 Å². The highest BCUT2D eigenvalue weighted by molar-refractivity contribution is 7.09. The molecule has 3 nitrogen and oxygen atoms in total. The lowest BCUT2D eigenvalue weighted by Gasteiger charge is -2.05. The maximum absolute atomic E-state index is 5.99. The van der Waals surface area contributed by atoms with Gasteiger partial charge >= 0.3 is 0 Å². The summed E-state index contributed by atoms with van der Waals surface area (Å²) in [6.45, 7) is 2.69. The van der Waals surface area contributed by atoms with Crippen LogP contribution in [-0.2, 0) is 12.4 Å². The minimum absolute atomic E-state index is 0.370. The van der Waals surface area contributed by atoms with E-state index in [1.807, 2.05) is 25.1 Å². The van der Waals surface area contributed by atoms with Crippen molar-refractivity contribution >= 4 is 45.6 Å². The maximum atomic E-state index is 5.99. The van der Waals surface area contributed by atoms with Gasteiger partial charge in [0.15, 0.2) is 0 Å². The van der Waals surface area contributed by atoms with E-state index in [9.17, 15) is 0 Å². The molecule has 0 amide bonds. The Labute approximate surface area is 124 Å². The molecule has 0 spiro atoms. The lowest BCUT2D eigenvalue weighted by atomic mass is 10.3. The summed E-state index contributed by atoms with van der Waals surface area (Å²) in [5.74, 6) is 1.21. The molecule has 0 atom stereocenters. The molecule has 19 heavy (non-hydrogen) atoms. The summed E-state index contributed by atoms with van der Waals surface area (Å²) in [7, 11) is 0. The zero-order valence-corrected chi connectivity index (χ0v) is 12.6. The Morgan fingerprint density at radius 1 is 1.32 bits per heavy atom. The summed E-state index contributed by atoms with van der Waals surface area (Å²) in [5.41, 5.74) is 2.93. The van der Waals surface area contributed by atoms with Gasteiger partial charge in [0.05, 0.1) is 34.2 Å². The van der Waals surface area contributed by atoms with Crippen molar-refractivity contribution in [3.8, 4) is 0 Å².